The van der Waals surface area contributed by atoms with Crippen molar-refractivity contribution < 1.29 is 43.6 Å². The fourth-order valence-corrected chi connectivity index (χ4v) is 6.88. The summed E-state index contributed by atoms with van der Waals surface area (Å²) in [6, 6.07) is 10.1. The molecule has 0 unspecified atom stereocenters. The van der Waals surface area contributed by atoms with E-state index in [1.54, 1.807) is 19.2 Å². The van der Waals surface area contributed by atoms with E-state index in [1.165, 1.54) is 13.2 Å². The van der Waals surface area contributed by atoms with Crippen LogP contribution in [0.3, 0.4) is 0 Å². The number of hydrogen-bond donors (Lipinski definition) is 5. The Morgan fingerprint density at radius 3 is 1.58 bits per heavy atom. The van der Waals surface area contributed by atoms with Crippen LogP contribution in [0.5, 0.6) is 11.5 Å². The van der Waals surface area contributed by atoms with Crippen LogP contribution in [0.25, 0.3) is 0 Å². The summed E-state index contributed by atoms with van der Waals surface area (Å²) >= 11 is 0. The van der Waals surface area contributed by atoms with E-state index in [0.717, 1.165) is 24.3 Å². The molecule has 2 aromatic carbocycles. The minimum absolute atomic E-state index is 0.0110. The number of hydrogen-bond acceptors (Lipinski definition) is 13. The van der Waals surface area contributed by atoms with E-state index in [2.05, 4.69) is 10.6 Å². The Kier molecular flexibility index (Phi) is 11.5. The van der Waals surface area contributed by atoms with Crippen molar-refractivity contribution in [2.24, 2.45) is 0 Å². The van der Waals surface area contributed by atoms with Crippen molar-refractivity contribution in [2.75, 3.05) is 70.1 Å². The maximum atomic E-state index is 11.1. The van der Waals surface area contributed by atoms with Crippen molar-refractivity contribution in [3.8, 4) is 11.5 Å². The number of nitrogens with two attached hydrogens (primary N) is 1. The second kappa shape index (κ2) is 15.4. The van der Waals surface area contributed by atoms with Gasteiger partial charge in [0.1, 0.15) is 17.2 Å². The molecular weight excluding hydrogens is 624 g/mol. The normalized spacial score (nSPS) is 23.7. The number of nitro benzene ring substituents is 1. The average Bonchev–Trinajstić information content (AvgIpc) is 3.76. The lowest BCUT2D eigenvalue weighted by Gasteiger charge is -2.40. The lowest BCUT2D eigenvalue weighted by Crippen LogP contribution is -2.44. The van der Waals surface area contributed by atoms with Crippen molar-refractivity contribution in [3.63, 3.8) is 0 Å². The van der Waals surface area contributed by atoms with E-state index in [0.29, 0.717) is 108 Å². The van der Waals surface area contributed by atoms with Crippen LogP contribution < -0.4 is 25.8 Å². The fourth-order valence-electron chi connectivity index (χ4n) is 6.88. The first-order valence-electron chi connectivity index (χ1n) is 16.7. The third-order valence-corrected chi connectivity index (χ3v) is 9.98. The van der Waals surface area contributed by atoms with Gasteiger partial charge in [0.05, 0.1) is 68.1 Å². The molecule has 2 aliphatic carbocycles. The Morgan fingerprint density at radius 2 is 1.15 bits per heavy atom. The molecule has 6 rings (SSSR count). The number of ether oxygens (including phenoxy) is 6. The number of nitrogens with zero attached hydrogens (tertiary/aromatic N) is 1. The molecule has 2 spiro atoms. The number of methoxy groups -OCH3 is 2. The molecule has 14 heteroatoms. The van der Waals surface area contributed by atoms with Crippen LogP contribution in [0.2, 0.25) is 0 Å². The number of anilines is 3. The molecule has 14 nitrogen and oxygen atoms in total. The van der Waals surface area contributed by atoms with E-state index >= 15 is 0 Å². The highest BCUT2D eigenvalue weighted by Gasteiger charge is 2.46. The van der Waals surface area contributed by atoms with Gasteiger partial charge in [-0.15, -0.1) is 0 Å². The molecule has 4 aliphatic rings. The minimum atomic E-state index is -0.804. The van der Waals surface area contributed by atoms with Crippen LogP contribution in [0.1, 0.15) is 64.2 Å². The van der Waals surface area contributed by atoms with E-state index in [1.807, 2.05) is 18.2 Å². The monoisotopic (exact) mass is 674 g/mol. The van der Waals surface area contributed by atoms with Gasteiger partial charge >= 0.3 is 0 Å². The third kappa shape index (κ3) is 8.98. The smallest absolute Gasteiger partial charge is 0.292 e. The van der Waals surface area contributed by atoms with Crippen molar-refractivity contribution in [3.05, 3.63) is 46.5 Å². The van der Waals surface area contributed by atoms with Gasteiger partial charge in [-0.2, -0.15) is 0 Å². The first kappa shape index (κ1) is 35.9. The maximum absolute atomic E-state index is 11.1. The number of rotatable bonds is 11. The predicted molar refractivity (Wildman–Crippen MR) is 179 cm³/mol. The summed E-state index contributed by atoms with van der Waals surface area (Å²) in [5, 5.41) is 39.0. The van der Waals surface area contributed by atoms with E-state index in [9.17, 15) is 20.3 Å². The molecule has 4 fully saturated rings. The maximum Gasteiger partial charge on any atom is 0.292 e. The summed E-state index contributed by atoms with van der Waals surface area (Å²) in [4.78, 5) is 10.7. The third-order valence-electron chi connectivity index (χ3n) is 9.98. The zero-order valence-electron chi connectivity index (χ0n) is 28.0. The summed E-state index contributed by atoms with van der Waals surface area (Å²) in [6.45, 7) is 3.63. The quantitative estimate of drug-likeness (QED) is 0.127. The summed E-state index contributed by atoms with van der Waals surface area (Å²) in [5.74, 6) is 0.361. The Labute approximate surface area is 281 Å². The zero-order chi connectivity index (χ0) is 34.3. The Balaban J connectivity index is 0.000000188. The Hall–Kier alpha value is -3.40. The molecule has 0 aromatic heterocycles. The molecule has 6 N–H and O–H groups in total. The van der Waals surface area contributed by atoms with Crippen molar-refractivity contribution in [1.82, 2.24) is 0 Å². The summed E-state index contributed by atoms with van der Waals surface area (Å²) in [7, 11) is 3.14. The lowest BCUT2D eigenvalue weighted by molar-refractivity contribution is -0.384. The second-order valence-corrected chi connectivity index (χ2v) is 13.1. The first-order valence-corrected chi connectivity index (χ1v) is 16.7. The molecule has 0 amide bonds. The Morgan fingerprint density at radius 1 is 0.729 bits per heavy atom. The largest absolute Gasteiger partial charge is 0.497 e. The van der Waals surface area contributed by atoms with Gasteiger partial charge in [0.2, 0.25) is 0 Å². The molecule has 2 heterocycles. The average molecular weight is 675 g/mol. The highest BCUT2D eigenvalue weighted by atomic mass is 16.7. The molecule has 2 saturated heterocycles. The molecule has 48 heavy (non-hydrogen) atoms. The SMILES string of the molecule is COc1ccc(N)c(NCCC2(O)CCC3(CC2)OCCO3)c1.COc1ccc([N+](=O)[O-])c(NCCC2(O)CCC3(CC2)OCCO3)c1. The van der Waals surface area contributed by atoms with Gasteiger partial charge in [0.15, 0.2) is 11.6 Å². The van der Waals surface area contributed by atoms with Gasteiger partial charge in [-0.3, -0.25) is 10.1 Å². The van der Waals surface area contributed by atoms with Gasteiger partial charge in [0, 0.05) is 57.0 Å². The number of nitrogen functional groups attached to an aromatic ring is 1. The predicted octanol–water partition coefficient (Wildman–Crippen LogP) is 4.58. The van der Waals surface area contributed by atoms with Gasteiger partial charge in [-0.25, -0.2) is 0 Å². The number of aliphatic hydroxyl groups is 2. The van der Waals surface area contributed by atoms with E-state index in [4.69, 9.17) is 34.2 Å². The first-order chi connectivity index (χ1) is 23.0. The number of benzene rings is 2. The molecule has 0 bridgehead atoms. The van der Waals surface area contributed by atoms with Crippen molar-refractivity contribution in [2.45, 2.75) is 87.0 Å². The molecule has 2 aromatic rings. The molecule has 0 radical (unpaired) electrons. The summed E-state index contributed by atoms with van der Waals surface area (Å²) < 4.78 is 33.1. The minimum Gasteiger partial charge on any atom is -0.497 e. The van der Waals surface area contributed by atoms with Crippen LogP contribution >= 0.6 is 0 Å². The number of nitro groups is 1. The standard InChI is InChI=1S/C17H24N2O6.C17H26N2O4/c1-23-13-2-3-15(19(21)22)14(12-13)18-9-8-16(20)4-6-17(7-5-16)24-10-11-25-17;1-21-13-2-3-14(18)15(12-13)19-9-8-16(20)4-6-17(7-5-16)22-10-11-23-17/h2-3,12,18,20H,4-11H2,1H3;2-3,12,19-20H,4-11,18H2,1H3. The zero-order valence-corrected chi connectivity index (χ0v) is 28.0. The van der Waals surface area contributed by atoms with E-state index in [-0.39, 0.29) is 5.69 Å². The molecule has 0 atom stereocenters. The highest BCUT2D eigenvalue weighted by molar-refractivity contribution is 5.68. The Bertz CT molecular complexity index is 1360. The van der Waals surface area contributed by atoms with Crippen LogP contribution in [-0.2, 0) is 18.9 Å². The van der Waals surface area contributed by atoms with Crippen molar-refractivity contribution >= 4 is 22.7 Å². The number of nitrogens with one attached hydrogen (secondary N) is 2. The van der Waals surface area contributed by atoms with Crippen molar-refractivity contribution in [1.29, 1.82) is 0 Å². The second-order valence-electron chi connectivity index (χ2n) is 13.1. The lowest BCUT2D eigenvalue weighted by atomic mass is 9.79. The molecule has 2 aliphatic heterocycles. The summed E-state index contributed by atoms with van der Waals surface area (Å²) in [5.41, 5.74) is 6.38. The highest BCUT2D eigenvalue weighted by Crippen LogP contribution is 2.43. The van der Waals surface area contributed by atoms with Crippen LogP contribution in [-0.4, -0.2) is 91.6 Å². The topological polar surface area (TPSA) is 189 Å². The van der Waals surface area contributed by atoms with Crippen LogP contribution in [0.4, 0.5) is 22.7 Å². The molecule has 266 valence electrons. The van der Waals surface area contributed by atoms with Gasteiger partial charge in [-0.1, -0.05) is 0 Å². The molecule has 2 saturated carbocycles. The van der Waals surface area contributed by atoms with Gasteiger partial charge < -0.3 is 55.0 Å². The van der Waals surface area contributed by atoms with Crippen LogP contribution in [0.15, 0.2) is 36.4 Å². The molecular formula is C34H50N4O10. The van der Waals surface area contributed by atoms with Crippen LogP contribution in [0, 0.1) is 10.1 Å². The van der Waals surface area contributed by atoms with Gasteiger partial charge in [0.25, 0.3) is 5.69 Å². The summed E-state index contributed by atoms with van der Waals surface area (Å²) in [6.07, 6.45) is 6.59. The van der Waals surface area contributed by atoms with E-state index < -0.39 is 27.7 Å². The fraction of sp³-hybridized carbons (Fsp3) is 0.647. The van der Waals surface area contributed by atoms with Gasteiger partial charge in [-0.05, 0) is 56.7 Å².